The second-order valence-corrected chi connectivity index (χ2v) is 5.60. The summed E-state index contributed by atoms with van der Waals surface area (Å²) in [7, 11) is 1.86. The Morgan fingerprint density at radius 1 is 1.42 bits per heavy atom. The van der Waals surface area contributed by atoms with Gasteiger partial charge in [-0.25, -0.2) is 0 Å². The van der Waals surface area contributed by atoms with Gasteiger partial charge in [0.15, 0.2) is 5.69 Å². The van der Waals surface area contributed by atoms with Crippen molar-refractivity contribution in [3.05, 3.63) is 30.0 Å². The van der Waals surface area contributed by atoms with Crippen molar-refractivity contribution in [1.29, 1.82) is 0 Å². The zero-order chi connectivity index (χ0) is 13.4. The van der Waals surface area contributed by atoms with Crippen LogP contribution >= 0.6 is 11.6 Å². The van der Waals surface area contributed by atoms with Gasteiger partial charge in [0, 0.05) is 25.5 Å². The van der Waals surface area contributed by atoms with Gasteiger partial charge in [0.1, 0.15) is 0 Å². The highest BCUT2D eigenvalue weighted by Crippen LogP contribution is 2.22. The van der Waals surface area contributed by atoms with Gasteiger partial charge >= 0.3 is 0 Å². The third kappa shape index (κ3) is 2.21. The van der Waals surface area contributed by atoms with Crippen LogP contribution in [0.2, 0.25) is 0 Å². The number of likely N-dealkylation sites (tertiary alicyclic amines) is 1. The summed E-state index contributed by atoms with van der Waals surface area (Å²) in [6.45, 7) is 1.39. The van der Waals surface area contributed by atoms with Gasteiger partial charge in [-0.15, -0.1) is 11.6 Å². The van der Waals surface area contributed by atoms with E-state index in [1.54, 1.807) is 4.68 Å². The van der Waals surface area contributed by atoms with Crippen LogP contribution in [0.15, 0.2) is 24.3 Å². The minimum absolute atomic E-state index is 0.0119. The highest BCUT2D eigenvalue weighted by molar-refractivity contribution is 6.21. The average molecular weight is 278 g/mol. The molecule has 1 aromatic heterocycles. The predicted molar refractivity (Wildman–Crippen MR) is 75.5 cm³/mol. The Labute approximate surface area is 116 Å². The smallest absolute Gasteiger partial charge is 0.275 e. The highest BCUT2D eigenvalue weighted by atomic mass is 35.5. The minimum atomic E-state index is -0.0119. The van der Waals surface area contributed by atoms with E-state index in [1.807, 2.05) is 36.2 Å². The van der Waals surface area contributed by atoms with Crippen LogP contribution < -0.4 is 0 Å². The van der Waals surface area contributed by atoms with Crippen molar-refractivity contribution in [2.24, 2.45) is 7.05 Å². The molecule has 0 saturated carbocycles. The number of carbonyl (C=O) groups excluding carboxylic acids is 1. The zero-order valence-electron chi connectivity index (χ0n) is 10.8. The van der Waals surface area contributed by atoms with E-state index in [-0.39, 0.29) is 11.3 Å². The third-order valence-corrected chi connectivity index (χ3v) is 3.97. The highest BCUT2D eigenvalue weighted by Gasteiger charge is 2.26. The fourth-order valence-corrected chi connectivity index (χ4v) is 2.95. The van der Waals surface area contributed by atoms with Gasteiger partial charge in [0.05, 0.1) is 10.9 Å². The average Bonchev–Trinajstić information content (AvgIpc) is 2.76. The van der Waals surface area contributed by atoms with E-state index in [1.165, 1.54) is 0 Å². The molecule has 19 heavy (non-hydrogen) atoms. The molecule has 0 spiro atoms. The molecule has 1 aromatic carbocycles. The summed E-state index contributed by atoms with van der Waals surface area (Å²) in [5, 5.41) is 5.34. The summed E-state index contributed by atoms with van der Waals surface area (Å²) in [5.74, 6) is -0.0119. The predicted octanol–water partition coefficient (Wildman–Crippen LogP) is 2.42. The lowest BCUT2D eigenvalue weighted by atomic mass is 10.1. The molecule has 0 bridgehead atoms. The lowest BCUT2D eigenvalue weighted by Gasteiger charge is -2.29. The van der Waals surface area contributed by atoms with Crippen molar-refractivity contribution in [1.82, 2.24) is 14.7 Å². The van der Waals surface area contributed by atoms with Gasteiger partial charge in [-0.3, -0.25) is 9.48 Å². The van der Waals surface area contributed by atoms with Gasteiger partial charge in [-0.2, -0.15) is 5.10 Å². The summed E-state index contributed by atoms with van der Waals surface area (Å²) < 4.78 is 1.75. The quantitative estimate of drug-likeness (QED) is 0.751. The Morgan fingerprint density at radius 2 is 2.21 bits per heavy atom. The number of rotatable bonds is 1. The summed E-state index contributed by atoms with van der Waals surface area (Å²) in [4.78, 5) is 14.4. The van der Waals surface area contributed by atoms with Crippen LogP contribution in [-0.4, -0.2) is 39.1 Å². The van der Waals surface area contributed by atoms with E-state index < -0.39 is 0 Å². The van der Waals surface area contributed by atoms with Gasteiger partial charge in [0.25, 0.3) is 5.91 Å². The SMILES string of the molecule is Cn1nc(C(=O)N2CCCC(Cl)C2)c2ccccc21. The van der Waals surface area contributed by atoms with Crippen LogP contribution in [0.25, 0.3) is 10.9 Å². The van der Waals surface area contributed by atoms with Crippen molar-refractivity contribution in [3.8, 4) is 0 Å². The fourth-order valence-electron chi connectivity index (χ4n) is 2.63. The largest absolute Gasteiger partial charge is 0.336 e. The van der Waals surface area contributed by atoms with E-state index in [9.17, 15) is 4.79 Å². The summed E-state index contributed by atoms with van der Waals surface area (Å²) >= 11 is 6.15. The molecule has 0 aliphatic carbocycles. The second-order valence-electron chi connectivity index (χ2n) is 4.98. The first kappa shape index (κ1) is 12.5. The van der Waals surface area contributed by atoms with E-state index in [4.69, 9.17) is 11.6 Å². The molecule has 1 fully saturated rings. The zero-order valence-corrected chi connectivity index (χ0v) is 11.6. The molecule has 3 rings (SSSR count). The van der Waals surface area contributed by atoms with Crippen LogP contribution in [0.5, 0.6) is 0 Å². The maximum absolute atomic E-state index is 12.6. The molecule has 2 heterocycles. The number of para-hydroxylation sites is 1. The molecule has 100 valence electrons. The van der Waals surface area contributed by atoms with Gasteiger partial charge in [-0.1, -0.05) is 18.2 Å². The number of nitrogens with zero attached hydrogens (tertiary/aromatic N) is 3. The van der Waals surface area contributed by atoms with Crippen molar-refractivity contribution in [2.75, 3.05) is 13.1 Å². The van der Waals surface area contributed by atoms with Crippen molar-refractivity contribution in [2.45, 2.75) is 18.2 Å². The minimum Gasteiger partial charge on any atom is -0.336 e. The molecular formula is C14H16ClN3O. The Morgan fingerprint density at radius 3 is 3.00 bits per heavy atom. The Kier molecular flexibility index (Phi) is 3.19. The number of benzene rings is 1. The number of hydrogen-bond acceptors (Lipinski definition) is 2. The summed E-state index contributed by atoms with van der Waals surface area (Å²) in [6.07, 6.45) is 1.94. The molecule has 4 nitrogen and oxygen atoms in total. The molecular weight excluding hydrogens is 262 g/mol. The molecule has 1 saturated heterocycles. The number of hydrogen-bond donors (Lipinski definition) is 0. The lowest BCUT2D eigenvalue weighted by molar-refractivity contribution is 0.0722. The first-order valence-electron chi connectivity index (χ1n) is 6.52. The van der Waals surface area contributed by atoms with Crippen LogP contribution in [-0.2, 0) is 7.05 Å². The number of piperidine rings is 1. The molecule has 2 aromatic rings. The maximum Gasteiger partial charge on any atom is 0.275 e. The Hall–Kier alpha value is -1.55. The fraction of sp³-hybridized carbons (Fsp3) is 0.429. The molecule has 1 atom stereocenters. The first-order valence-corrected chi connectivity index (χ1v) is 6.95. The maximum atomic E-state index is 12.6. The number of aromatic nitrogens is 2. The normalized spacial score (nSPS) is 19.9. The van der Waals surface area contributed by atoms with Gasteiger partial charge in [-0.05, 0) is 18.9 Å². The third-order valence-electron chi connectivity index (χ3n) is 3.61. The Balaban J connectivity index is 1.97. The van der Waals surface area contributed by atoms with Crippen LogP contribution in [0.3, 0.4) is 0 Å². The van der Waals surface area contributed by atoms with Crippen molar-refractivity contribution < 1.29 is 4.79 Å². The molecule has 1 unspecified atom stereocenters. The number of fused-ring (bicyclic) bond motifs is 1. The molecule has 1 aliphatic rings. The first-order chi connectivity index (χ1) is 9.16. The van der Waals surface area contributed by atoms with Crippen molar-refractivity contribution >= 4 is 28.4 Å². The number of carbonyl (C=O) groups is 1. The van der Waals surface area contributed by atoms with Gasteiger partial charge in [0.2, 0.25) is 0 Å². The topological polar surface area (TPSA) is 38.1 Å². The van der Waals surface area contributed by atoms with Crippen LogP contribution in [0.1, 0.15) is 23.3 Å². The number of aryl methyl sites for hydroxylation is 1. The summed E-state index contributed by atoms with van der Waals surface area (Å²) in [5.41, 5.74) is 1.51. The molecule has 0 radical (unpaired) electrons. The van der Waals surface area contributed by atoms with E-state index in [0.29, 0.717) is 12.2 Å². The number of alkyl halides is 1. The van der Waals surface area contributed by atoms with Crippen LogP contribution in [0.4, 0.5) is 0 Å². The lowest BCUT2D eigenvalue weighted by Crippen LogP contribution is -2.40. The second kappa shape index (κ2) is 4.85. The van der Waals surface area contributed by atoms with Gasteiger partial charge < -0.3 is 4.90 Å². The number of halogens is 1. The van der Waals surface area contributed by atoms with E-state index in [0.717, 1.165) is 30.3 Å². The van der Waals surface area contributed by atoms with Crippen molar-refractivity contribution in [3.63, 3.8) is 0 Å². The molecule has 5 heteroatoms. The monoisotopic (exact) mass is 277 g/mol. The Bertz CT molecular complexity index is 622. The standard InChI is InChI=1S/C14H16ClN3O/c1-17-12-7-3-2-6-11(12)13(16-17)14(19)18-8-4-5-10(15)9-18/h2-3,6-7,10H,4-5,8-9H2,1H3. The molecule has 1 aliphatic heterocycles. The van der Waals surface area contributed by atoms with E-state index in [2.05, 4.69) is 5.10 Å². The van der Waals surface area contributed by atoms with Crippen LogP contribution in [0, 0.1) is 0 Å². The van der Waals surface area contributed by atoms with E-state index >= 15 is 0 Å². The number of amides is 1. The summed E-state index contributed by atoms with van der Waals surface area (Å²) in [6, 6.07) is 7.80. The molecule has 0 N–H and O–H groups in total. The molecule has 1 amide bonds.